The van der Waals surface area contributed by atoms with Gasteiger partial charge in [0.05, 0.1) is 26.9 Å². The van der Waals surface area contributed by atoms with Crippen LogP contribution in [0.3, 0.4) is 0 Å². The van der Waals surface area contributed by atoms with Gasteiger partial charge in [0.15, 0.2) is 11.5 Å². The fourth-order valence-corrected chi connectivity index (χ4v) is 3.11. The highest BCUT2D eigenvalue weighted by molar-refractivity contribution is 5.81. The van der Waals surface area contributed by atoms with Crippen LogP contribution in [0.5, 0.6) is 11.5 Å². The maximum absolute atomic E-state index is 12.5. The molecule has 0 aromatic heterocycles. The highest BCUT2D eigenvalue weighted by Gasteiger charge is 2.36. The van der Waals surface area contributed by atoms with Crippen LogP contribution in [0.2, 0.25) is 0 Å². The molecular weight excluding hydrogens is 478 g/mol. The molecule has 0 radical (unpaired) electrons. The highest BCUT2D eigenvalue weighted by Crippen LogP contribution is 2.31. The number of carbonyl (C=O) groups excluding carboxylic acids is 4. The van der Waals surface area contributed by atoms with Crippen LogP contribution in [-0.4, -0.2) is 63.0 Å². The van der Waals surface area contributed by atoms with E-state index in [4.69, 9.17) is 38.9 Å². The van der Waals surface area contributed by atoms with E-state index in [1.807, 2.05) is 6.92 Å². The summed E-state index contributed by atoms with van der Waals surface area (Å²) in [5, 5.41) is 0. The Morgan fingerprint density at radius 3 is 2.08 bits per heavy atom. The maximum atomic E-state index is 12.5. The largest absolute Gasteiger partial charge is 0.513 e. The Morgan fingerprint density at radius 1 is 0.917 bits per heavy atom. The first-order valence-corrected chi connectivity index (χ1v) is 11.6. The second kappa shape index (κ2) is 15.5. The average molecular weight is 514 g/mol. The van der Waals surface area contributed by atoms with E-state index in [1.54, 1.807) is 20.8 Å². The average Bonchev–Trinajstić information content (AvgIpc) is 2.80. The minimum absolute atomic E-state index is 0.0561. The molecule has 0 saturated heterocycles. The van der Waals surface area contributed by atoms with Gasteiger partial charge in [-0.25, -0.2) is 14.4 Å². The number of methoxy groups -OCH3 is 1. The normalized spacial score (nSPS) is 12.9. The number of benzene rings is 1. The minimum atomic E-state index is -1.60. The third kappa shape index (κ3) is 10.4. The first-order valence-electron chi connectivity index (χ1n) is 11.6. The van der Waals surface area contributed by atoms with E-state index in [1.165, 1.54) is 25.3 Å². The van der Waals surface area contributed by atoms with Crippen molar-refractivity contribution in [2.75, 3.05) is 26.9 Å². The van der Waals surface area contributed by atoms with Crippen molar-refractivity contribution in [3.8, 4) is 11.5 Å². The van der Waals surface area contributed by atoms with Gasteiger partial charge in [-0.3, -0.25) is 4.79 Å². The predicted octanol–water partition coefficient (Wildman–Crippen LogP) is 3.90. The maximum Gasteiger partial charge on any atom is 0.513 e. The van der Waals surface area contributed by atoms with Crippen LogP contribution in [0.25, 0.3) is 0 Å². The summed E-state index contributed by atoms with van der Waals surface area (Å²) < 4.78 is 34.8. The van der Waals surface area contributed by atoms with Crippen LogP contribution in [0.4, 0.5) is 14.4 Å². The molecule has 0 fully saturated rings. The summed E-state index contributed by atoms with van der Waals surface area (Å²) in [4.78, 5) is 48.0. The second-order valence-electron chi connectivity index (χ2n) is 7.74. The number of hydrogen-bond donors (Lipinski definition) is 1. The molecular formula is C24H35NO11. The number of esters is 1. The molecule has 202 valence electrons. The lowest BCUT2D eigenvalue weighted by molar-refractivity contribution is -0.147. The molecule has 1 aromatic carbocycles. The number of nitrogens with two attached hydrogens (primary N) is 1. The summed E-state index contributed by atoms with van der Waals surface area (Å²) >= 11 is 0. The lowest BCUT2D eigenvalue weighted by Crippen LogP contribution is -2.51. The lowest BCUT2D eigenvalue weighted by Gasteiger charge is -2.26. The van der Waals surface area contributed by atoms with Gasteiger partial charge in [-0.05, 0) is 44.9 Å². The zero-order chi connectivity index (χ0) is 27.1. The van der Waals surface area contributed by atoms with E-state index < -0.39 is 30.0 Å². The SMILES string of the molecule is CCC[C@H](C)OC(=O)OCC[C@@](N)(Cc1ccc(OC(=O)OCC)c(OC(=O)OCC)c1)C(=O)OC. The van der Waals surface area contributed by atoms with Gasteiger partial charge in [0.2, 0.25) is 0 Å². The molecule has 36 heavy (non-hydrogen) atoms. The molecule has 0 bridgehead atoms. The van der Waals surface area contributed by atoms with Crippen molar-refractivity contribution in [2.24, 2.45) is 5.73 Å². The van der Waals surface area contributed by atoms with Crippen LogP contribution in [0.15, 0.2) is 18.2 Å². The van der Waals surface area contributed by atoms with E-state index in [-0.39, 0.29) is 50.3 Å². The van der Waals surface area contributed by atoms with Gasteiger partial charge >= 0.3 is 24.4 Å². The molecule has 1 rings (SSSR count). The van der Waals surface area contributed by atoms with E-state index in [0.29, 0.717) is 12.0 Å². The van der Waals surface area contributed by atoms with Crippen molar-refractivity contribution in [1.29, 1.82) is 0 Å². The lowest BCUT2D eigenvalue weighted by atomic mass is 9.88. The zero-order valence-corrected chi connectivity index (χ0v) is 21.3. The number of rotatable bonds is 13. The molecule has 2 atom stereocenters. The monoisotopic (exact) mass is 513 g/mol. The quantitative estimate of drug-likeness (QED) is 0.230. The molecule has 0 aliphatic carbocycles. The molecule has 12 heteroatoms. The van der Waals surface area contributed by atoms with Gasteiger partial charge in [0.1, 0.15) is 11.6 Å². The van der Waals surface area contributed by atoms with Crippen LogP contribution < -0.4 is 15.2 Å². The molecule has 0 heterocycles. The summed E-state index contributed by atoms with van der Waals surface area (Å²) in [7, 11) is 1.18. The minimum Gasteiger partial charge on any atom is -0.468 e. The summed E-state index contributed by atoms with van der Waals surface area (Å²) in [5.74, 6) is -1.02. The molecule has 12 nitrogen and oxygen atoms in total. The smallest absolute Gasteiger partial charge is 0.468 e. The Balaban J connectivity index is 3.05. The molecule has 0 amide bonds. The summed E-state index contributed by atoms with van der Waals surface area (Å²) in [6.07, 6.45) is -1.86. The number of ether oxygens (including phenoxy) is 7. The Kier molecular flexibility index (Phi) is 13.1. The van der Waals surface area contributed by atoms with Crippen molar-refractivity contribution in [2.45, 2.75) is 65.0 Å². The third-order valence-corrected chi connectivity index (χ3v) is 4.79. The first-order chi connectivity index (χ1) is 17.1. The molecule has 1 aromatic rings. The van der Waals surface area contributed by atoms with E-state index in [9.17, 15) is 19.2 Å². The molecule has 0 saturated carbocycles. The summed E-state index contributed by atoms with van der Waals surface area (Å²) in [6, 6.07) is 4.22. The molecule has 0 aliphatic heterocycles. The van der Waals surface area contributed by atoms with Crippen LogP contribution in [0, 0.1) is 0 Å². The zero-order valence-electron chi connectivity index (χ0n) is 21.3. The van der Waals surface area contributed by atoms with Crippen molar-refractivity contribution in [1.82, 2.24) is 0 Å². The summed E-state index contributed by atoms with van der Waals surface area (Å²) in [5.41, 5.74) is 5.16. The fraction of sp³-hybridized carbons (Fsp3) is 0.583. The van der Waals surface area contributed by atoms with Crippen molar-refractivity contribution < 1.29 is 52.3 Å². The van der Waals surface area contributed by atoms with Crippen molar-refractivity contribution >= 4 is 24.4 Å². The van der Waals surface area contributed by atoms with Crippen LogP contribution in [-0.2, 0) is 34.9 Å². The second-order valence-corrected chi connectivity index (χ2v) is 7.74. The third-order valence-electron chi connectivity index (χ3n) is 4.79. The van der Waals surface area contributed by atoms with Crippen LogP contribution in [0.1, 0.15) is 52.5 Å². The van der Waals surface area contributed by atoms with E-state index >= 15 is 0 Å². The number of carbonyl (C=O) groups is 4. The van der Waals surface area contributed by atoms with E-state index in [2.05, 4.69) is 0 Å². The van der Waals surface area contributed by atoms with Gasteiger partial charge in [0.25, 0.3) is 0 Å². The fourth-order valence-electron chi connectivity index (χ4n) is 3.11. The highest BCUT2D eigenvalue weighted by atomic mass is 16.7. The Labute approximate surface area is 210 Å². The first kappa shape index (κ1) is 30.5. The van der Waals surface area contributed by atoms with Gasteiger partial charge < -0.3 is 38.9 Å². The standard InChI is InChI=1S/C24H35NO11/c1-6-9-16(4)34-23(29)33-13-12-24(25,20(26)30-5)15-17-10-11-18(35-21(27)31-7-2)19(14-17)36-22(28)32-8-3/h10-11,14,16H,6-9,12-13,15,25H2,1-5H3/t16-,24+/m0/s1. The van der Waals surface area contributed by atoms with Crippen LogP contribution >= 0.6 is 0 Å². The molecule has 0 aliphatic rings. The van der Waals surface area contributed by atoms with Gasteiger partial charge in [-0.15, -0.1) is 0 Å². The molecule has 0 unspecified atom stereocenters. The van der Waals surface area contributed by atoms with E-state index in [0.717, 1.165) is 6.42 Å². The van der Waals surface area contributed by atoms with Gasteiger partial charge in [0, 0.05) is 12.8 Å². The Bertz CT molecular complexity index is 889. The van der Waals surface area contributed by atoms with Crippen molar-refractivity contribution in [3.63, 3.8) is 0 Å². The van der Waals surface area contributed by atoms with Gasteiger partial charge in [-0.2, -0.15) is 0 Å². The number of hydrogen-bond acceptors (Lipinski definition) is 12. The van der Waals surface area contributed by atoms with Gasteiger partial charge in [-0.1, -0.05) is 19.4 Å². The van der Waals surface area contributed by atoms with Crippen molar-refractivity contribution in [3.05, 3.63) is 23.8 Å². The predicted molar refractivity (Wildman–Crippen MR) is 126 cm³/mol. The molecule has 2 N–H and O–H groups in total. The Morgan fingerprint density at radius 2 is 1.53 bits per heavy atom. The molecule has 0 spiro atoms. The topological polar surface area (TPSA) is 159 Å². The Hall–Kier alpha value is -3.54. The summed E-state index contributed by atoms with van der Waals surface area (Å²) in [6.45, 7) is 6.83.